The van der Waals surface area contributed by atoms with Crippen molar-refractivity contribution < 1.29 is 14.2 Å². The minimum absolute atomic E-state index is 0.202. The summed E-state index contributed by atoms with van der Waals surface area (Å²) in [5, 5.41) is 4.26. The van der Waals surface area contributed by atoms with Crippen molar-refractivity contribution in [2.45, 2.75) is 0 Å². The lowest BCUT2D eigenvalue weighted by atomic mass is 10.1. The lowest BCUT2D eigenvalue weighted by Crippen LogP contribution is -2.17. The fraction of sp³-hybridized carbons (Fsp3) is 0.167. The van der Waals surface area contributed by atoms with Gasteiger partial charge in [-0.3, -0.25) is 14.0 Å². The molecule has 0 N–H and O–H groups in total. The third-order valence-electron chi connectivity index (χ3n) is 4.67. The van der Waals surface area contributed by atoms with Crippen molar-refractivity contribution in [3.63, 3.8) is 0 Å². The van der Waals surface area contributed by atoms with Gasteiger partial charge in [-0.15, -0.1) is 0 Å². The Morgan fingerprint density at radius 2 is 1.71 bits per heavy atom. The van der Waals surface area contributed by atoms with E-state index in [9.17, 15) is 4.79 Å². The molecule has 0 spiro atoms. The van der Waals surface area contributed by atoms with Crippen LogP contribution in [-0.2, 0) is 11.8 Å². The van der Waals surface area contributed by atoms with Crippen LogP contribution in [0.2, 0.25) is 0 Å². The molecule has 0 amide bonds. The average molecular weight is 417 g/mol. The summed E-state index contributed by atoms with van der Waals surface area (Å²) in [6, 6.07) is 18.2. The smallest absolute Gasteiger partial charge is 0.258 e. The molecule has 2 aromatic carbocycles. The summed E-state index contributed by atoms with van der Waals surface area (Å²) in [5.41, 5.74) is 2.13. The van der Waals surface area contributed by atoms with Crippen LogP contribution in [0, 0.1) is 0 Å². The maximum atomic E-state index is 12.9. The number of aromatic nitrogens is 3. The maximum absolute atomic E-state index is 12.9. The topological polar surface area (TPSA) is 67.5 Å². The van der Waals surface area contributed by atoms with Gasteiger partial charge in [0.15, 0.2) is 0 Å². The van der Waals surface area contributed by atoms with Crippen LogP contribution in [0.25, 0.3) is 16.8 Å². The van der Waals surface area contributed by atoms with Crippen LogP contribution in [0.1, 0.15) is 0 Å². The zero-order valence-electron chi connectivity index (χ0n) is 17.4. The first-order valence-corrected chi connectivity index (χ1v) is 9.85. The van der Waals surface area contributed by atoms with Gasteiger partial charge in [0.05, 0.1) is 12.8 Å². The molecule has 2 aromatic heterocycles. The first-order valence-electron chi connectivity index (χ1n) is 9.85. The number of aryl methyl sites for hydroxylation is 1. The van der Waals surface area contributed by atoms with E-state index in [-0.39, 0.29) is 5.56 Å². The van der Waals surface area contributed by atoms with Crippen molar-refractivity contribution in [1.29, 1.82) is 0 Å². The molecule has 0 bridgehead atoms. The molecule has 0 fully saturated rings. The zero-order valence-corrected chi connectivity index (χ0v) is 17.4. The molecule has 4 aromatic rings. The van der Waals surface area contributed by atoms with Crippen LogP contribution >= 0.6 is 0 Å². The van der Waals surface area contributed by atoms with Crippen molar-refractivity contribution in [3.05, 3.63) is 89.6 Å². The number of pyridine rings is 1. The van der Waals surface area contributed by atoms with Gasteiger partial charge in [0.2, 0.25) is 0 Å². The molecule has 4 rings (SSSR count). The number of nitrogens with zero attached hydrogens (tertiary/aromatic N) is 3. The standard InChI is InChI=1S/C24H23N3O4/c1-26-16-18(15-25-26)22-17-27(19-8-10-20(11-9-19)30-13-12-29-2)24(28)14-23(22)31-21-6-4-3-5-7-21/h3-11,14-17H,12-13H2,1-2H3. The van der Waals surface area contributed by atoms with Crippen molar-refractivity contribution in [1.82, 2.24) is 14.3 Å². The van der Waals surface area contributed by atoms with Crippen LogP contribution in [0.15, 0.2) is 84.0 Å². The van der Waals surface area contributed by atoms with Gasteiger partial charge < -0.3 is 14.2 Å². The Morgan fingerprint density at radius 1 is 0.935 bits per heavy atom. The number of hydrogen-bond donors (Lipinski definition) is 0. The molecule has 0 aliphatic heterocycles. The van der Waals surface area contributed by atoms with Gasteiger partial charge in [-0.25, -0.2) is 0 Å². The predicted octanol–water partition coefficient (Wildman–Crippen LogP) is 4.06. The second kappa shape index (κ2) is 9.32. The lowest BCUT2D eigenvalue weighted by molar-refractivity contribution is 0.146. The van der Waals surface area contributed by atoms with Crippen molar-refractivity contribution in [3.8, 4) is 34.1 Å². The molecule has 7 nitrogen and oxygen atoms in total. The fourth-order valence-corrected chi connectivity index (χ4v) is 3.14. The van der Waals surface area contributed by atoms with Gasteiger partial charge in [0.25, 0.3) is 5.56 Å². The van der Waals surface area contributed by atoms with E-state index in [0.717, 1.165) is 16.8 Å². The molecule has 0 atom stereocenters. The van der Waals surface area contributed by atoms with Crippen LogP contribution in [0.3, 0.4) is 0 Å². The molecular formula is C24H23N3O4. The Hall–Kier alpha value is -3.84. The van der Waals surface area contributed by atoms with E-state index in [1.54, 1.807) is 28.8 Å². The molecular weight excluding hydrogens is 394 g/mol. The van der Waals surface area contributed by atoms with Gasteiger partial charge in [-0.1, -0.05) is 18.2 Å². The van der Waals surface area contributed by atoms with E-state index in [1.807, 2.05) is 67.8 Å². The van der Waals surface area contributed by atoms with Crippen LogP contribution in [-0.4, -0.2) is 34.7 Å². The molecule has 0 unspecified atom stereocenters. The Kier molecular flexibility index (Phi) is 6.14. The van der Waals surface area contributed by atoms with Crippen molar-refractivity contribution >= 4 is 0 Å². The molecule has 0 radical (unpaired) electrons. The van der Waals surface area contributed by atoms with Gasteiger partial charge in [0.1, 0.15) is 23.9 Å². The molecule has 0 aliphatic rings. The highest BCUT2D eigenvalue weighted by Crippen LogP contribution is 2.32. The molecule has 0 aliphatic carbocycles. The Labute approximate surface area is 180 Å². The number of rotatable bonds is 8. The van der Waals surface area contributed by atoms with Crippen LogP contribution < -0.4 is 15.0 Å². The summed E-state index contributed by atoms with van der Waals surface area (Å²) in [6.45, 7) is 0.977. The highest BCUT2D eigenvalue weighted by atomic mass is 16.5. The molecule has 0 saturated heterocycles. The highest BCUT2D eigenvalue weighted by molar-refractivity contribution is 5.69. The van der Waals surface area contributed by atoms with Gasteiger partial charge in [-0.2, -0.15) is 5.10 Å². The second-order valence-corrected chi connectivity index (χ2v) is 6.91. The van der Waals surface area contributed by atoms with E-state index in [0.29, 0.717) is 30.5 Å². The largest absolute Gasteiger partial charge is 0.491 e. The Morgan fingerprint density at radius 3 is 2.39 bits per heavy atom. The first-order chi connectivity index (χ1) is 15.1. The number of benzene rings is 2. The van der Waals surface area contributed by atoms with Gasteiger partial charge in [0, 0.05) is 49.4 Å². The normalized spacial score (nSPS) is 10.8. The highest BCUT2D eigenvalue weighted by Gasteiger charge is 2.14. The van der Waals surface area contributed by atoms with E-state index in [1.165, 1.54) is 6.07 Å². The van der Waals surface area contributed by atoms with Gasteiger partial charge >= 0.3 is 0 Å². The summed E-state index contributed by atoms with van der Waals surface area (Å²) in [4.78, 5) is 12.9. The monoisotopic (exact) mass is 417 g/mol. The number of hydrogen-bond acceptors (Lipinski definition) is 5. The minimum Gasteiger partial charge on any atom is -0.491 e. The number of ether oxygens (including phenoxy) is 3. The Bertz CT molecular complexity index is 1200. The lowest BCUT2D eigenvalue weighted by Gasteiger charge is -2.14. The van der Waals surface area contributed by atoms with Crippen molar-refractivity contribution in [2.75, 3.05) is 20.3 Å². The molecule has 2 heterocycles. The molecule has 158 valence electrons. The predicted molar refractivity (Wildman–Crippen MR) is 118 cm³/mol. The summed E-state index contributed by atoms with van der Waals surface area (Å²) in [5.74, 6) is 1.84. The van der Waals surface area contributed by atoms with Crippen LogP contribution in [0.4, 0.5) is 0 Å². The van der Waals surface area contributed by atoms with E-state index in [4.69, 9.17) is 14.2 Å². The molecule has 31 heavy (non-hydrogen) atoms. The third-order valence-corrected chi connectivity index (χ3v) is 4.67. The zero-order chi connectivity index (χ0) is 21.6. The van der Waals surface area contributed by atoms with Gasteiger partial charge in [-0.05, 0) is 36.4 Å². The minimum atomic E-state index is -0.202. The van der Waals surface area contributed by atoms with Crippen LogP contribution in [0.5, 0.6) is 17.2 Å². The number of methoxy groups -OCH3 is 1. The van der Waals surface area contributed by atoms with E-state index in [2.05, 4.69) is 5.10 Å². The Balaban J connectivity index is 1.71. The van der Waals surface area contributed by atoms with Crippen molar-refractivity contribution in [2.24, 2.45) is 7.05 Å². The average Bonchev–Trinajstić information content (AvgIpc) is 3.21. The number of para-hydroxylation sites is 1. The SMILES string of the molecule is COCCOc1ccc(-n2cc(-c3cnn(C)c3)c(Oc3ccccc3)cc2=O)cc1. The molecule has 0 saturated carbocycles. The fourth-order valence-electron chi connectivity index (χ4n) is 3.14. The van der Waals surface area contributed by atoms with E-state index >= 15 is 0 Å². The second-order valence-electron chi connectivity index (χ2n) is 6.91. The molecule has 7 heteroatoms. The first kappa shape index (κ1) is 20.4. The van der Waals surface area contributed by atoms with E-state index < -0.39 is 0 Å². The third kappa shape index (κ3) is 4.84. The summed E-state index contributed by atoms with van der Waals surface area (Å²) >= 11 is 0. The summed E-state index contributed by atoms with van der Waals surface area (Å²) < 4.78 is 19.9. The maximum Gasteiger partial charge on any atom is 0.258 e. The summed E-state index contributed by atoms with van der Waals surface area (Å²) in [6.07, 6.45) is 5.40. The summed E-state index contributed by atoms with van der Waals surface area (Å²) in [7, 11) is 3.48. The quantitative estimate of drug-likeness (QED) is 0.405.